The molecule has 0 unspecified atom stereocenters. The molecule has 0 atom stereocenters. The van der Waals surface area contributed by atoms with Gasteiger partial charge >= 0.3 is 0 Å². The van der Waals surface area contributed by atoms with Gasteiger partial charge in [0.2, 0.25) is 0 Å². The minimum atomic E-state index is 0. The van der Waals surface area contributed by atoms with Crippen LogP contribution >= 0.6 is 34.0 Å². The molecule has 4 N–H and O–H groups in total. The second-order valence-electron chi connectivity index (χ2n) is 1.45. The van der Waals surface area contributed by atoms with Crippen molar-refractivity contribution in [2.75, 3.05) is 13.2 Å². The molecule has 0 saturated heterocycles. The van der Waals surface area contributed by atoms with Gasteiger partial charge in [-0.1, -0.05) is 0 Å². The van der Waals surface area contributed by atoms with Crippen LogP contribution in [0.5, 0.6) is 0 Å². The van der Waals surface area contributed by atoms with Gasteiger partial charge < -0.3 is 9.68 Å². The molecule has 4 nitrogen and oxygen atoms in total. The van der Waals surface area contributed by atoms with Crippen LogP contribution in [0.3, 0.4) is 0 Å². The Bertz CT molecular complexity index is 44.2. The van der Waals surface area contributed by atoms with E-state index in [1.165, 1.54) is 0 Å². The number of unbranched alkanes of at least 4 members (excludes halogenated alkanes) is 1. The van der Waals surface area contributed by atoms with Gasteiger partial charge in [0.05, 0.1) is 13.2 Å². The first-order chi connectivity index (χ1) is 3.91. The zero-order chi connectivity index (χ0) is 6.24. The van der Waals surface area contributed by atoms with E-state index < -0.39 is 0 Å². The molecule has 0 aromatic carbocycles. The van der Waals surface area contributed by atoms with E-state index in [1.54, 1.807) is 0 Å². The Morgan fingerprint density at radius 2 is 1.10 bits per heavy atom. The van der Waals surface area contributed by atoms with Gasteiger partial charge in [-0.25, -0.2) is 11.8 Å². The number of halogens is 2. The lowest BCUT2D eigenvalue weighted by Crippen LogP contribution is -2.04. The fourth-order valence-electron chi connectivity index (χ4n) is 0.371. The molecule has 6 heteroatoms. The Morgan fingerprint density at radius 3 is 1.30 bits per heavy atom. The highest BCUT2D eigenvalue weighted by atomic mass is 79.9. The second-order valence-corrected chi connectivity index (χ2v) is 1.45. The van der Waals surface area contributed by atoms with Crippen molar-refractivity contribution in [2.24, 2.45) is 11.8 Å². The van der Waals surface area contributed by atoms with E-state index in [0.717, 1.165) is 12.8 Å². The molecule has 0 spiro atoms. The van der Waals surface area contributed by atoms with Crippen LogP contribution in [-0.2, 0) is 9.68 Å². The predicted molar refractivity (Wildman–Crippen MR) is 50.2 cm³/mol. The average Bonchev–Trinajstić information content (AvgIpc) is 1.81. The summed E-state index contributed by atoms with van der Waals surface area (Å²) in [6.07, 6.45) is 1.79. The molecular weight excluding hydrogens is 268 g/mol. The minimum Gasteiger partial charge on any atom is -0.305 e. The Hall–Kier alpha value is 0.800. The third-order valence-electron chi connectivity index (χ3n) is 0.774. The molecule has 0 aromatic heterocycles. The molecule has 0 aromatic rings. The highest BCUT2D eigenvalue weighted by molar-refractivity contribution is 8.93. The molecule has 0 aliphatic carbocycles. The molecule has 0 heterocycles. The minimum absolute atomic E-state index is 0. The van der Waals surface area contributed by atoms with Crippen LogP contribution in [0.25, 0.3) is 0 Å². The van der Waals surface area contributed by atoms with E-state index in [0.29, 0.717) is 13.2 Å². The molecule has 0 amide bonds. The van der Waals surface area contributed by atoms with Crippen LogP contribution in [0, 0.1) is 0 Å². The van der Waals surface area contributed by atoms with Gasteiger partial charge in [-0.15, -0.1) is 34.0 Å². The maximum Gasteiger partial charge on any atom is 0.0680 e. The lowest BCUT2D eigenvalue weighted by atomic mass is 10.3. The van der Waals surface area contributed by atoms with Crippen molar-refractivity contribution in [1.29, 1.82) is 0 Å². The first-order valence-electron chi connectivity index (χ1n) is 2.55. The van der Waals surface area contributed by atoms with Crippen molar-refractivity contribution in [3.05, 3.63) is 0 Å². The summed E-state index contributed by atoms with van der Waals surface area (Å²) in [6, 6.07) is 0. The molecule has 0 aliphatic heterocycles. The lowest BCUT2D eigenvalue weighted by molar-refractivity contribution is 0.105. The van der Waals surface area contributed by atoms with Crippen molar-refractivity contribution in [1.82, 2.24) is 0 Å². The fraction of sp³-hybridized carbons (Fsp3) is 1.00. The van der Waals surface area contributed by atoms with Crippen molar-refractivity contribution in [3.8, 4) is 0 Å². The molecule has 0 saturated carbocycles. The van der Waals surface area contributed by atoms with Crippen LogP contribution in [0.2, 0.25) is 0 Å². The second kappa shape index (κ2) is 16.4. The van der Waals surface area contributed by atoms with Crippen molar-refractivity contribution < 1.29 is 9.68 Å². The summed E-state index contributed by atoms with van der Waals surface area (Å²) in [6.45, 7) is 1.15. The quantitative estimate of drug-likeness (QED) is 0.575. The van der Waals surface area contributed by atoms with Crippen molar-refractivity contribution in [3.63, 3.8) is 0 Å². The van der Waals surface area contributed by atoms with E-state index in [1.807, 2.05) is 0 Å². The maximum absolute atomic E-state index is 4.74. The van der Waals surface area contributed by atoms with Gasteiger partial charge in [0.15, 0.2) is 0 Å². The Kier molecular flexibility index (Phi) is 28.0. The molecule has 10 heavy (non-hydrogen) atoms. The number of hydrogen-bond donors (Lipinski definition) is 2. The SMILES string of the molecule is Br.Br.NOCCCCON. The Labute approximate surface area is 81.7 Å². The van der Waals surface area contributed by atoms with E-state index in [2.05, 4.69) is 9.68 Å². The molecule has 0 fully saturated rings. The normalized spacial score (nSPS) is 7.80. The molecule has 66 valence electrons. The first kappa shape index (κ1) is 17.0. The number of hydrogen-bond acceptors (Lipinski definition) is 4. The standard InChI is InChI=1S/C4H12N2O2.2BrH/c5-7-3-1-2-4-8-6;;/h1-6H2;2*1H. The topological polar surface area (TPSA) is 70.5 Å². The number of rotatable bonds is 5. The summed E-state index contributed by atoms with van der Waals surface area (Å²) in [4.78, 5) is 8.58. The van der Waals surface area contributed by atoms with Crippen LogP contribution < -0.4 is 11.8 Å². The summed E-state index contributed by atoms with van der Waals surface area (Å²) in [5, 5.41) is 0. The highest BCUT2D eigenvalue weighted by Gasteiger charge is 1.84. The summed E-state index contributed by atoms with van der Waals surface area (Å²) in [5.74, 6) is 9.48. The summed E-state index contributed by atoms with van der Waals surface area (Å²) in [7, 11) is 0. The zero-order valence-corrected chi connectivity index (χ0v) is 9.04. The van der Waals surface area contributed by atoms with Crippen molar-refractivity contribution >= 4 is 34.0 Å². The van der Waals surface area contributed by atoms with E-state index in [4.69, 9.17) is 11.8 Å². The van der Waals surface area contributed by atoms with Gasteiger partial charge in [0, 0.05) is 0 Å². The summed E-state index contributed by atoms with van der Waals surface area (Å²) >= 11 is 0. The summed E-state index contributed by atoms with van der Waals surface area (Å²) in [5.41, 5.74) is 0. The predicted octanol–water partition coefficient (Wildman–Crippen LogP) is 0.703. The largest absolute Gasteiger partial charge is 0.305 e. The third-order valence-corrected chi connectivity index (χ3v) is 0.774. The first-order valence-corrected chi connectivity index (χ1v) is 2.55. The third kappa shape index (κ3) is 15.9. The van der Waals surface area contributed by atoms with Crippen LogP contribution in [-0.4, -0.2) is 13.2 Å². The van der Waals surface area contributed by atoms with Crippen LogP contribution in [0.15, 0.2) is 0 Å². The van der Waals surface area contributed by atoms with Crippen LogP contribution in [0.4, 0.5) is 0 Å². The van der Waals surface area contributed by atoms with Gasteiger partial charge in [0.25, 0.3) is 0 Å². The Morgan fingerprint density at radius 1 is 0.800 bits per heavy atom. The number of nitrogens with two attached hydrogens (primary N) is 2. The molecular formula is C4H14Br2N2O2. The molecule has 0 bridgehead atoms. The van der Waals surface area contributed by atoms with E-state index >= 15 is 0 Å². The van der Waals surface area contributed by atoms with E-state index in [9.17, 15) is 0 Å². The Balaban J connectivity index is -0.000000245. The monoisotopic (exact) mass is 280 g/mol. The fourth-order valence-corrected chi connectivity index (χ4v) is 0.371. The van der Waals surface area contributed by atoms with Gasteiger partial charge in [-0.05, 0) is 12.8 Å². The molecule has 0 radical (unpaired) electrons. The average molecular weight is 282 g/mol. The molecule has 0 aliphatic rings. The van der Waals surface area contributed by atoms with E-state index in [-0.39, 0.29) is 34.0 Å². The highest BCUT2D eigenvalue weighted by Crippen LogP contribution is 1.85. The van der Waals surface area contributed by atoms with Gasteiger partial charge in [0.1, 0.15) is 0 Å². The molecule has 0 rings (SSSR count). The van der Waals surface area contributed by atoms with Crippen molar-refractivity contribution in [2.45, 2.75) is 12.8 Å². The lowest BCUT2D eigenvalue weighted by Gasteiger charge is -1.95. The van der Waals surface area contributed by atoms with Gasteiger partial charge in [-0.3, -0.25) is 0 Å². The zero-order valence-electron chi connectivity index (χ0n) is 5.62. The van der Waals surface area contributed by atoms with Gasteiger partial charge in [-0.2, -0.15) is 0 Å². The van der Waals surface area contributed by atoms with Crippen LogP contribution in [0.1, 0.15) is 12.8 Å². The summed E-state index contributed by atoms with van der Waals surface area (Å²) < 4.78 is 0. The smallest absolute Gasteiger partial charge is 0.0680 e. The maximum atomic E-state index is 4.74.